The Labute approximate surface area is 853 Å². The van der Waals surface area contributed by atoms with Gasteiger partial charge in [-0.15, -0.1) is 0 Å². The van der Waals surface area contributed by atoms with Gasteiger partial charge in [-0.2, -0.15) is 9.97 Å². The van der Waals surface area contributed by atoms with Crippen LogP contribution in [0.4, 0.5) is 0 Å². The third-order valence-electron chi connectivity index (χ3n) is 30.3. The fourth-order valence-corrected chi connectivity index (χ4v) is 21.2. The van der Waals surface area contributed by atoms with Crippen LogP contribution < -0.4 is 5.46 Å². The summed E-state index contributed by atoms with van der Waals surface area (Å²) in [5.41, 5.74) is 6.78. The van der Waals surface area contributed by atoms with Crippen LogP contribution in [0.15, 0.2) is 395 Å². The van der Waals surface area contributed by atoms with Crippen molar-refractivity contribution in [3.63, 3.8) is 0 Å². The van der Waals surface area contributed by atoms with Crippen LogP contribution in [0.5, 0.6) is 0 Å². The van der Waals surface area contributed by atoms with Gasteiger partial charge in [0.1, 0.15) is 22.3 Å². The van der Waals surface area contributed by atoms with E-state index in [0.29, 0.717) is 29.1 Å². The summed E-state index contributed by atoms with van der Waals surface area (Å²) in [6.45, 7) is 24.6. The summed E-state index contributed by atoms with van der Waals surface area (Å²) in [6, 6.07) is 134. The number of para-hydroxylation sites is 2. The predicted molar refractivity (Wildman–Crippen MR) is 605 cm³/mol. The maximum Gasteiger partial charge on any atom is 0.494 e. The highest BCUT2D eigenvalue weighted by Gasteiger charge is 2.64. The summed E-state index contributed by atoms with van der Waals surface area (Å²) in [6.07, 6.45) is 0. The van der Waals surface area contributed by atoms with Gasteiger partial charge < -0.3 is 36.8 Å². The molecule has 0 atom stereocenters. The van der Waals surface area contributed by atoms with Gasteiger partial charge in [0.15, 0.2) is 29.1 Å². The highest BCUT2D eigenvalue weighted by atomic mass is 79.9. The Balaban J connectivity index is 0.000000101. The first-order valence-corrected chi connectivity index (χ1v) is 50.4. The fraction of sp³-hybridized carbons (Fsp3) is 0.143. The molecule has 3 saturated heterocycles. The summed E-state index contributed by atoms with van der Waals surface area (Å²) in [5.74, 6) is 2.95. The van der Waals surface area contributed by atoms with E-state index >= 15 is 0 Å². The molecule has 3 aliphatic heterocycles. The minimum absolute atomic E-state index is 0.165. The molecule has 4 aromatic heterocycles. The third kappa shape index (κ3) is 16.7. The van der Waals surface area contributed by atoms with Gasteiger partial charge in [0.2, 0.25) is 5.28 Å². The van der Waals surface area contributed by atoms with Crippen LogP contribution in [0.2, 0.25) is 5.28 Å². The van der Waals surface area contributed by atoms with Crippen molar-refractivity contribution in [2.45, 2.75) is 117 Å². The molecule has 3 aliphatic rings. The number of aromatic nitrogens is 6. The first kappa shape index (κ1) is 92.5. The number of halogens is 2. The average molecular weight is 1970 g/mol. The molecular weight excluding hydrogens is 1870 g/mol. The van der Waals surface area contributed by atoms with Gasteiger partial charge in [0.05, 0.1) is 33.6 Å². The fourth-order valence-electron chi connectivity index (χ4n) is 20.7. The topological polar surface area (TPSA) is 159 Å². The van der Waals surface area contributed by atoms with Crippen molar-refractivity contribution in [3.05, 3.63) is 392 Å². The minimum atomic E-state index is -0.476. The lowest BCUT2D eigenvalue weighted by Gasteiger charge is -2.32. The lowest BCUT2D eigenvalue weighted by Crippen LogP contribution is -2.41. The Bertz CT molecular complexity index is 9450. The van der Waals surface area contributed by atoms with Gasteiger partial charge in [-0.25, -0.2) is 19.9 Å². The first-order chi connectivity index (χ1) is 70.1. The van der Waals surface area contributed by atoms with Crippen LogP contribution in [-0.2, 0) is 27.9 Å². The zero-order chi connectivity index (χ0) is 99.2. The lowest BCUT2D eigenvalue weighted by atomic mass is 9.49. The predicted octanol–water partition coefficient (Wildman–Crippen LogP) is 33.1. The number of benzene rings is 21. The van der Waals surface area contributed by atoms with Crippen LogP contribution in [0.25, 0.3) is 230 Å². The van der Waals surface area contributed by atoms with Gasteiger partial charge >= 0.3 is 21.1 Å². The molecule has 25 aromatic rings. The number of furan rings is 2. The maximum absolute atomic E-state index is 6.27. The van der Waals surface area contributed by atoms with E-state index in [-0.39, 0.29) is 46.0 Å². The van der Waals surface area contributed by atoms with E-state index in [1.807, 2.05) is 189 Å². The molecule has 19 heteroatoms. The first-order valence-electron chi connectivity index (χ1n) is 49.2. The molecule has 704 valence electrons. The molecule has 21 aromatic carbocycles. The summed E-state index contributed by atoms with van der Waals surface area (Å²) >= 11 is 9.78. The molecule has 0 saturated carbocycles. The van der Waals surface area contributed by atoms with E-state index in [4.69, 9.17) is 63.3 Å². The van der Waals surface area contributed by atoms with Gasteiger partial charge in [-0.05, 0) is 272 Å². The quantitative estimate of drug-likeness (QED) is 0.110. The average Bonchev–Trinajstić information content (AvgIpc) is 1.72. The molecule has 145 heavy (non-hydrogen) atoms. The lowest BCUT2D eigenvalue weighted by molar-refractivity contribution is 0.00578. The monoisotopic (exact) mass is 1970 g/mol. The van der Waals surface area contributed by atoms with Crippen LogP contribution in [0, 0.1) is 0 Å². The van der Waals surface area contributed by atoms with Gasteiger partial charge in [0.25, 0.3) is 0 Å². The van der Waals surface area contributed by atoms with Crippen molar-refractivity contribution in [1.29, 1.82) is 0 Å². The van der Waals surface area contributed by atoms with Crippen LogP contribution in [-0.4, -0.2) is 84.6 Å². The number of hydrogen-bond donors (Lipinski definition) is 0. The zero-order valence-electron chi connectivity index (χ0n) is 82.3. The highest BCUT2D eigenvalue weighted by Crippen LogP contribution is 2.48. The number of hydrogen-bond acceptors (Lipinski definition) is 14. The SMILES string of the molecule is Brc1ccc2c(ccc3c2ccc2ccc4ccccc4c23)c1.CC1(C)OB(B2OC(C)(C)C(C)(C)O2)OC1(C)C.CC1(C)OB(c2ccc3c(ccc4c3ccc3ccc5ccccc5c34)c2)OC1(C)C.Clc1nc(-c2ccccc2)nc(-c2cccc3oc4ccccc4c23)n1.c1ccc(-c2nc(-c3ccc4c(ccc5c4ccc4ccc6ccccc6c45)c3)nc(-c3cccc4oc5ccccc5c34)n2)cc1. The van der Waals surface area contributed by atoms with Crippen LogP contribution in [0.3, 0.4) is 0 Å². The number of rotatable bonds is 7. The van der Waals surface area contributed by atoms with Crippen LogP contribution >= 0.6 is 27.5 Å². The summed E-state index contributed by atoms with van der Waals surface area (Å²) < 4.78 is 49.7. The van der Waals surface area contributed by atoms with Crippen molar-refractivity contribution in [2.75, 3.05) is 0 Å². The number of fused-ring (bicyclic) bond motifs is 27. The Morgan fingerprint density at radius 1 is 0.214 bits per heavy atom. The normalized spacial score (nSPS) is 15.5. The van der Waals surface area contributed by atoms with E-state index in [1.165, 1.54) is 124 Å². The second-order valence-corrected chi connectivity index (χ2v) is 42.1. The highest BCUT2D eigenvalue weighted by molar-refractivity contribution is 9.10. The van der Waals surface area contributed by atoms with E-state index in [1.54, 1.807) is 0 Å². The third-order valence-corrected chi connectivity index (χ3v) is 31.0. The number of nitrogens with zero attached hydrogens (tertiary/aromatic N) is 6. The molecule has 0 radical (unpaired) electrons. The van der Waals surface area contributed by atoms with Gasteiger partial charge in [-0.3, -0.25) is 0 Å². The molecule has 7 heterocycles. The molecule has 0 bridgehead atoms. The second kappa shape index (κ2) is 36.1. The Morgan fingerprint density at radius 3 is 0.959 bits per heavy atom. The molecular formula is C126H99B3BrClN6O8. The maximum atomic E-state index is 6.27. The van der Waals surface area contributed by atoms with E-state index in [9.17, 15) is 0 Å². The largest absolute Gasteiger partial charge is 0.494 e. The molecule has 0 N–H and O–H groups in total. The molecule has 0 spiro atoms. The Hall–Kier alpha value is -14.9. The van der Waals surface area contributed by atoms with E-state index in [2.05, 4.69) is 307 Å². The zero-order valence-corrected chi connectivity index (χ0v) is 84.7. The molecule has 0 amide bonds. The second-order valence-electron chi connectivity index (χ2n) is 40.8. The minimum Gasteiger partial charge on any atom is -0.456 e. The van der Waals surface area contributed by atoms with Crippen molar-refractivity contribution in [3.8, 4) is 56.9 Å². The molecule has 28 rings (SSSR count). The van der Waals surface area contributed by atoms with Crippen molar-refractivity contribution >= 4 is 227 Å². The summed E-state index contributed by atoms with van der Waals surface area (Å²) in [5, 5.41) is 34.8. The van der Waals surface area contributed by atoms with Crippen molar-refractivity contribution < 1.29 is 36.8 Å². The molecule has 0 aliphatic carbocycles. The summed E-state index contributed by atoms with van der Waals surface area (Å²) in [7, 11) is -1.29. The van der Waals surface area contributed by atoms with Crippen molar-refractivity contribution in [2.24, 2.45) is 0 Å². The van der Waals surface area contributed by atoms with E-state index in [0.717, 1.165) is 87.0 Å². The smallest absolute Gasteiger partial charge is 0.456 e. The molecule has 0 unspecified atom stereocenters. The van der Waals surface area contributed by atoms with Crippen molar-refractivity contribution in [1.82, 2.24) is 29.9 Å². The summed E-state index contributed by atoms with van der Waals surface area (Å²) in [4.78, 5) is 28.5. The van der Waals surface area contributed by atoms with Gasteiger partial charge in [0, 0.05) is 53.8 Å². The van der Waals surface area contributed by atoms with Crippen LogP contribution in [0.1, 0.15) is 83.1 Å². The Kier molecular flexibility index (Phi) is 23.1. The standard InChI is InChI=1S/C43H25N3O.C28H25BO2.C22H13Br.C21H12ClN3O.C12H24B2O4/c1-2-10-28(11-3-1)41-44-42(46-43(45-41)36-14-8-16-38-40(36)35-13-6-7-15-37(35)47-38)30-21-22-31-29(25-30)20-24-34-33(31)23-19-27-18-17-26-9-4-5-12-32(26)39(27)34;1-27(2)28(3,4)31-29(30-27)21-13-16-22-20(17-21)12-15-25-24(22)14-11-19-10-9-18-7-5-6-8-23(18)26(19)25;23-17-9-12-18-16(13-17)8-11-21-20(18)10-7-15-6-5-14-3-1-2-4-19(14)22(15)21;22-21-24-19(13-7-2-1-3-8-13)23-20(25-21)15-10-6-12-17-18(15)14-9-4-5-11-16(14)26-17;1-9(2)10(3,4)16-13(15-9)14-17-11(5,6)12(7,8)18-14/h1-25H;5-17H,1-4H3;1-13H;1-12H;1-8H3. The van der Waals surface area contributed by atoms with E-state index < -0.39 is 14.0 Å². The molecule has 14 nitrogen and oxygen atoms in total. The molecule has 3 fully saturated rings. The Morgan fingerprint density at radius 2 is 0.517 bits per heavy atom. The van der Waals surface area contributed by atoms with Gasteiger partial charge in [-0.1, -0.05) is 356 Å².